The van der Waals surface area contributed by atoms with E-state index in [4.69, 9.17) is 9.97 Å². The van der Waals surface area contributed by atoms with Crippen LogP contribution in [-0.2, 0) is 6.54 Å². The van der Waals surface area contributed by atoms with Crippen LogP contribution in [0.4, 0.5) is 0 Å². The maximum atomic E-state index is 14.1. The lowest BCUT2D eigenvalue weighted by molar-refractivity contribution is 0.0760. The van der Waals surface area contributed by atoms with Crippen molar-refractivity contribution in [3.8, 4) is 0 Å². The van der Waals surface area contributed by atoms with Gasteiger partial charge in [0.25, 0.3) is 5.91 Å². The van der Waals surface area contributed by atoms with Gasteiger partial charge in [0, 0.05) is 36.5 Å². The van der Waals surface area contributed by atoms with E-state index in [2.05, 4.69) is 46.4 Å². The number of aromatic amines is 1. The zero-order chi connectivity index (χ0) is 36.7. The van der Waals surface area contributed by atoms with Gasteiger partial charge in [0.2, 0.25) is 11.6 Å². The van der Waals surface area contributed by atoms with Crippen LogP contribution in [-0.4, -0.2) is 67.6 Å². The number of carbonyl (C=O) groups excluding carboxylic acids is 3. The SMILES string of the molecule is CC=CCn1c(C(=O)c2cccc3[nH]c(C(=O)C4CCN(C(CC)CC(CNC(=O)c5ccccc5)c5ccccc5)CC4)nc23)nc2ccccc21. The third-order valence-electron chi connectivity index (χ3n) is 10.6. The number of ketones is 2. The van der Waals surface area contributed by atoms with Gasteiger partial charge in [-0.15, -0.1) is 0 Å². The van der Waals surface area contributed by atoms with Crippen molar-refractivity contribution in [2.24, 2.45) is 5.92 Å². The van der Waals surface area contributed by atoms with Gasteiger partial charge in [-0.05, 0) is 87.7 Å². The number of likely N-dealkylation sites (tertiary alicyclic amines) is 1. The number of hydrogen-bond donors (Lipinski definition) is 2. The number of hydrogen-bond acceptors (Lipinski definition) is 6. The van der Waals surface area contributed by atoms with E-state index >= 15 is 0 Å². The van der Waals surface area contributed by atoms with Crippen LogP contribution in [0.15, 0.2) is 115 Å². The minimum absolute atomic E-state index is 0.0154. The number of imidazole rings is 2. The molecule has 0 spiro atoms. The first-order chi connectivity index (χ1) is 25.9. The summed E-state index contributed by atoms with van der Waals surface area (Å²) in [6.45, 7) is 6.85. The second-order valence-electron chi connectivity index (χ2n) is 13.9. The molecule has 0 aliphatic carbocycles. The predicted molar refractivity (Wildman–Crippen MR) is 209 cm³/mol. The molecule has 4 aromatic carbocycles. The van der Waals surface area contributed by atoms with Gasteiger partial charge in [0.05, 0.1) is 22.1 Å². The molecular weight excluding hydrogens is 661 g/mol. The van der Waals surface area contributed by atoms with Gasteiger partial charge < -0.3 is 19.8 Å². The molecule has 9 nitrogen and oxygen atoms in total. The van der Waals surface area contributed by atoms with Gasteiger partial charge in [-0.2, -0.15) is 0 Å². The molecule has 3 heterocycles. The first-order valence-corrected chi connectivity index (χ1v) is 18.7. The molecule has 9 heteroatoms. The van der Waals surface area contributed by atoms with Crippen molar-refractivity contribution < 1.29 is 14.4 Å². The van der Waals surface area contributed by atoms with E-state index in [0.29, 0.717) is 52.9 Å². The second kappa shape index (κ2) is 16.3. The number of fused-ring (bicyclic) bond motifs is 2. The Morgan fingerprint density at radius 2 is 1.60 bits per heavy atom. The largest absolute Gasteiger partial charge is 0.351 e. The molecule has 270 valence electrons. The van der Waals surface area contributed by atoms with Crippen molar-refractivity contribution >= 4 is 39.5 Å². The number of Topliss-reactive ketones (excluding diaryl/α,β-unsaturated/α-hetero) is 1. The number of piperidine rings is 1. The van der Waals surface area contributed by atoms with Crippen LogP contribution >= 0.6 is 0 Å². The molecule has 0 radical (unpaired) electrons. The first kappa shape index (κ1) is 35.7. The number of aromatic nitrogens is 4. The van der Waals surface area contributed by atoms with Gasteiger partial charge in [-0.1, -0.05) is 85.8 Å². The first-order valence-electron chi connectivity index (χ1n) is 18.7. The number of para-hydroxylation sites is 3. The molecule has 1 aliphatic heterocycles. The lowest BCUT2D eigenvalue weighted by Crippen LogP contribution is -2.44. The number of benzene rings is 4. The van der Waals surface area contributed by atoms with Crippen molar-refractivity contribution in [3.63, 3.8) is 0 Å². The summed E-state index contributed by atoms with van der Waals surface area (Å²) in [5.41, 5.74) is 5.08. The molecule has 1 aliphatic rings. The summed E-state index contributed by atoms with van der Waals surface area (Å²) in [6, 6.07) is 33.2. The van der Waals surface area contributed by atoms with Gasteiger partial charge in [-0.3, -0.25) is 14.4 Å². The Hall–Kier alpha value is -5.67. The Morgan fingerprint density at radius 3 is 2.34 bits per heavy atom. The lowest BCUT2D eigenvalue weighted by Gasteiger charge is -2.38. The minimum Gasteiger partial charge on any atom is -0.351 e. The molecule has 6 aromatic rings. The lowest BCUT2D eigenvalue weighted by atomic mass is 9.87. The molecule has 2 aromatic heterocycles. The number of rotatable bonds is 14. The Labute approximate surface area is 310 Å². The average molecular weight is 707 g/mol. The standard InChI is InChI=1S/C44H46N6O3/c1-3-5-25-50-38-22-13-12-20-36(38)47-43(50)41(52)35-19-14-21-37-39(35)48-42(46-37)40(51)31-23-26-49(27-24-31)34(4-2)28-33(30-15-8-6-9-16-30)29-45-44(53)32-17-10-7-11-18-32/h3,5-22,31,33-34H,4,23-29H2,1-2H3,(H,45,53)(H,46,48). The molecule has 2 N–H and O–H groups in total. The summed E-state index contributed by atoms with van der Waals surface area (Å²) >= 11 is 0. The Balaban J connectivity index is 1.03. The van der Waals surface area contributed by atoms with Crippen LogP contribution in [0.2, 0.25) is 0 Å². The highest BCUT2D eigenvalue weighted by Gasteiger charge is 2.32. The van der Waals surface area contributed by atoms with Crippen molar-refractivity contribution in [1.29, 1.82) is 0 Å². The molecule has 2 unspecified atom stereocenters. The van der Waals surface area contributed by atoms with Crippen LogP contribution in [0.3, 0.4) is 0 Å². The van der Waals surface area contributed by atoms with Gasteiger partial charge in [0.1, 0.15) is 5.52 Å². The zero-order valence-electron chi connectivity index (χ0n) is 30.4. The van der Waals surface area contributed by atoms with E-state index in [0.717, 1.165) is 49.8 Å². The Morgan fingerprint density at radius 1 is 0.887 bits per heavy atom. The summed E-state index contributed by atoms with van der Waals surface area (Å²) in [5.74, 6) is 0.326. The van der Waals surface area contributed by atoms with Crippen LogP contribution in [0, 0.1) is 5.92 Å². The van der Waals surface area contributed by atoms with E-state index in [1.807, 2.05) is 96.4 Å². The van der Waals surface area contributed by atoms with Gasteiger partial charge in [-0.25, -0.2) is 9.97 Å². The number of amides is 1. The molecular formula is C44H46N6O3. The summed E-state index contributed by atoms with van der Waals surface area (Å²) in [7, 11) is 0. The van der Waals surface area contributed by atoms with Gasteiger partial charge >= 0.3 is 0 Å². The normalized spacial score (nSPS) is 15.2. The molecule has 53 heavy (non-hydrogen) atoms. The van der Waals surface area contributed by atoms with Crippen LogP contribution in [0.5, 0.6) is 0 Å². The van der Waals surface area contributed by atoms with Crippen LogP contribution in [0.1, 0.15) is 88.2 Å². The van der Waals surface area contributed by atoms with Crippen molar-refractivity contribution in [3.05, 3.63) is 144 Å². The summed E-state index contributed by atoms with van der Waals surface area (Å²) in [6.07, 6.45) is 7.29. The fraction of sp³-hybridized carbons (Fsp3) is 0.295. The van der Waals surface area contributed by atoms with E-state index in [1.165, 1.54) is 5.56 Å². The highest BCUT2D eigenvalue weighted by Crippen LogP contribution is 2.30. The molecule has 0 bridgehead atoms. The molecule has 1 amide bonds. The fourth-order valence-corrected chi connectivity index (χ4v) is 7.69. The maximum Gasteiger partial charge on any atom is 0.251 e. The van der Waals surface area contributed by atoms with Gasteiger partial charge in [0.15, 0.2) is 11.6 Å². The van der Waals surface area contributed by atoms with Crippen molar-refractivity contribution in [2.75, 3.05) is 19.6 Å². The topological polar surface area (TPSA) is 113 Å². The summed E-state index contributed by atoms with van der Waals surface area (Å²) < 4.78 is 1.93. The minimum atomic E-state index is -0.228. The van der Waals surface area contributed by atoms with Crippen LogP contribution < -0.4 is 5.32 Å². The maximum absolute atomic E-state index is 14.1. The molecule has 1 saturated heterocycles. The van der Waals surface area contributed by atoms with Crippen molar-refractivity contribution in [1.82, 2.24) is 29.7 Å². The van der Waals surface area contributed by atoms with E-state index in [9.17, 15) is 14.4 Å². The van der Waals surface area contributed by atoms with E-state index in [-0.39, 0.29) is 29.3 Å². The summed E-state index contributed by atoms with van der Waals surface area (Å²) in [5, 5.41) is 3.18. The number of nitrogens with zero attached hydrogens (tertiary/aromatic N) is 4. The molecule has 7 rings (SSSR count). The average Bonchev–Trinajstić information content (AvgIpc) is 3.82. The van der Waals surface area contributed by atoms with E-state index in [1.54, 1.807) is 6.07 Å². The monoisotopic (exact) mass is 706 g/mol. The summed E-state index contributed by atoms with van der Waals surface area (Å²) in [4.78, 5) is 56.1. The Bertz CT molecular complexity index is 2230. The number of carbonyl (C=O) groups is 3. The van der Waals surface area contributed by atoms with Crippen LogP contribution in [0.25, 0.3) is 22.1 Å². The predicted octanol–water partition coefficient (Wildman–Crippen LogP) is 8.00. The second-order valence-corrected chi connectivity index (χ2v) is 13.9. The third-order valence-corrected chi connectivity index (χ3v) is 10.6. The molecule has 0 saturated carbocycles. The number of allylic oxidation sites excluding steroid dienone is 2. The number of H-pyrrole nitrogens is 1. The van der Waals surface area contributed by atoms with E-state index < -0.39 is 0 Å². The molecule has 2 atom stereocenters. The zero-order valence-corrected chi connectivity index (χ0v) is 30.4. The fourth-order valence-electron chi connectivity index (χ4n) is 7.69. The highest BCUT2D eigenvalue weighted by molar-refractivity contribution is 6.15. The quantitative estimate of drug-likeness (QED) is 0.0877. The Kier molecular flexibility index (Phi) is 11.0. The van der Waals surface area contributed by atoms with Crippen molar-refractivity contribution in [2.45, 2.75) is 58.0 Å². The molecule has 1 fully saturated rings. The third kappa shape index (κ3) is 7.76. The number of nitrogens with one attached hydrogen (secondary N) is 2. The highest BCUT2D eigenvalue weighted by atomic mass is 16.2. The smallest absolute Gasteiger partial charge is 0.251 e.